The van der Waals surface area contributed by atoms with Crippen LogP contribution in [-0.4, -0.2) is 66.4 Å². The van der Waals surface area contributed by atoms with Gasteiger partial charge in [-0.15, -0.1) is 0 Å². The van der Waals surface area contributed by atoms with E-state index in [-0.39, 0.29) is 23.0 Å². The largest absolute Gasteiger partial charge is 0.355 e. The summed E-state index contributed by atoms with van der Waals surface area (Å²) in [6.45, 7) is 8.34. The first-order chi connectivity index (χ1) is 14.5. The number of ketones is 2. The first-order valence-corrected chi connectivity index (χ1v) is 11.7. The van der Waals surface area contributed by atoms with Crippen molar-refractivity contribution in [3.05, 3.63) is 52.6 Å². The predicted octanol–water partition coefficient (Wildman–Crippen LogP) is 2.94. The monoisotopic (exact) mass is 449 g/mol. The summed E-state index contributed by atoms with van der Waals surface area (Å²) < 4.78 is 40.4. The van der Waals surface area contributed by atoms with E-state index < -0.39 is 21.9 Å². The standard InChI is InChI=1S/C22H28FN3O4S/c1-14-20(17(4)27)15(2)24-21(14)22(28)16(3)25-10-5-11-26(13-12-25)31(29,30)19-8-6-18(23)7-9-19/h6-9,16,24H,5,10-13H2,1-4H3/t16-/m1/s1. The third kappa shape index (κ3) is 4.63. The molecule has 31 heavy (non-hydrogen) atoms. The number of nitrogens with one attached hydrogen (secondary N) is 1. The molecule has 7 nitrogen and oxygen atoms in total. The minimum atomic E-state index is -3.73. The number of nitrogens with zero attached hydrogens (tertiary/aromatic N) is 2. The Labute approximate surface area is 182 Å². The third-order valence-corrected chi connectivity index (χ3v) is 7.82. The van der Waals surface area contributed by atoms with Crippen molar-refractivity contribution in [1.29, 1.82) is 0 Å². The molecule has 0 spiro atoms. The number of Topliss-reactive ketones (excluding diaryl/α,β-unsaturated/α-hetero) is 2. The van der Waals surface area contributed by atoms with Gasteiger partial charge in [0, 0.05) is 37.4 Å². The molecular weight excluding hydrogens is 421 g/mol. The highest BCUT2D eigenvalue weighted by atomic mass is 32.2. The maximum atomic E-state index is 13.2. The van der Waals surface area contributed by atoms with Crippen LogP contribution >= 0.6 is 0 Å². The van der Waals surface area contributed by atoms with E-state index in [1.165, 1.54) is 23.4 Å². The minimum absolute atomic E-state index is 0.0562. The van der Waals surface area contributed by atoms with Crippen LogP contribution in [0, 0.1) is 19.7 Å². The number of rotatable bonds is 6. The van der Waals surface area contributed by atoms with Gasteiger partial charge in [0.1, 0.15) is 5.82 Å². The van der Waals surface area contributed by atoms with Gasteiger partial charge in [-0.05, 0) is 63.9 Å². The van der Waals surface area contributed by atoms with Gasteiger partial charge in [0.2, 0.25) is 10.0 Å². The van der Waals surface area contributed by atoms with E-state index in [0.717, 1.165) is 12.1 Å². The van der Waals surface area contributed by atoms with Gasteiger partial charge in [0.25, 0.3) is 0 Å². The Morgan fingerprint density at radius 2 is 1.71 bits per heavy atom. The first kappa shape index (κ1) is 23.3. The molecule has 2 heterocycles. The van der Waals surface area contributed by atoms with Crippen LogP contribution in [0.4, 0.5) is 4.39 Å². The molecule has 1 aromatic heterocycles. The second kappa shape index (κ2) is 9.02. The van der Waals surface area contributed by atoms with E-state index in [0.29, 0.717) is 48.6 Å². The van der Waals surface area contributed by atoms with Crippen LogP contribution in [0.3, 0.4) is 0 Å². The smallest absolute Gasteiger partial charge is 0.243 e. The Bertz CT molecular complexity index is 1090. The van der Waals surface area contributed by atoms with E-state index in [1.54, 1.807) is 20.8 Å². The summed E-state index contributed by atoms with van der Waals surface area (Å²) in [5, 5.41) is 0. The minimum Gasteiger partial charge on any atom is -0.355 e. The molecule has 0 saturated carbocycles. The number of halogens is 1. The maximum Gasteiger partial charge on any atom is 0.243 e. The summed E-state index contributed by atoms with van der Waals surface area (Å²) in [6, 6.07) is 4.33. The molecule has 1 aliphatic rings. The normalized spacial score (nSPS) is 17.3. The van der Waals surface area contributed by atoms with Gasteiger partial charge in [0.15, 0.2) is 11.6 Å². The third-order valence-electron chi connectivity index (χ3n) is 5.90. The van der Waals surface area contributed by atoms with Gasteiger partial charge in [-0.25, -0.2) is 12.8 Å². The number of aromatic nitrogens is 1. The van der Waals surface area contributed by atoms with Crippen molar-refractivity contribution >= 4 is 21.6 Å². The number of aryl methyl sites for hydroxylation is 1. The van der Waals surface area contributed by atoms with Crippen molar-refractivity contribution in [1.82, 2.24) is 14.2 Å². The van der Waals surface area contributed by atoms with Crippen molar-refractivity contribution in [2.75, 3.05) is 26.2 Å². The summed E-state index contributed by atoms with van der Waals surface area (Å²) in [4.78, 5) is 30.1. The Balaban J connectivity index is 1.75. The van der Waals surface area contributed by atoms with Gasteiger partial charge < -0.3 is 4.98 Å². The Kier molecular flexibility index (Phi) is 6.78. The zero-order chi connectivity index (χ0) is 22.9. The van der Waals surface area contributed by atoms with Gasteiger partial charge in [-0.1, -0.05) is 0 Å². The van der Waals surface area contributed by atoms with Gasteiger partial charge >= 0.3 is 0 Å². The molecule has 1 saturated heterocycles. The lowest BCUT2D eigenvalue weighted by Crippen LogP contribution is -2.42. The lowest BCUT2D eigenvalue weighted by atomic mass is 10.0. The van der Waals surface area contributed by atoms with Crippen LogP contribution in [-0.2, 0) is 10.0 Å². The van der Waals surface area contributed by atoms with Gasteiger partial charge in [0.05, 0.1) is 16.6 Å². The Morgan fingerprint density at radius 1 is 1.06 bits per heavy atom. The van der Waals surface area contributed by atoms with E-state index in [4.69, 9.17) is 0 Å². The summed E-state index contributed by atoms with van der Waals surface area (Å²) in [5.41, 5.74) is 2.29. The second-order valence-electron chi connectivity index (χ2n) is 7.97. The summed E-state index contributed by atoms with van der Waals surface area (Å²) in [7, 11) is -3.73. The average molecular weight is 450 g/mol. The number of hydrogen-bond acceptors (Lipinski definition) is 5. The fraction of sp³-hybridized carbons (Fsp3) is 0.455. The number of H-pyrrole nitrogens is 1. The SMILES string of the molecule is CC(=O)c1c(C)[nH]c(C(=O)[C@@H](C)N2CCCN(S(=O)(=O)c3ccc(F)cc3)CC2)c1C. The van der Waals surface area contributed by atoms with Gasteiger partial charge in [-0.2, -0.15) is 4.31 Å². The van der Waals surface area contributed by atoms with Crippen LogP contribution in [0.15, 0.2) is 29.2 Å². The van der Waals surface area contributed by atoms with Crippen LogP contribution in [0.1, 0.15) is 52.4 Å². The van der Waals surface area contributed by atoms with E-state index >= 15 is 0 Å². The first-order valence-electron chi connectivity index (χ1n) is 10.3. The highest BCUT2D eigenvalue weighted by Crippen LogP contribution is 2.23. The van der Waals surface area contributed by atoms with Crippen LogP contribution in [0.2, 0.25) is 0 Å². The van der Waals surface area contributed by atoms with Crippen LogP contribution in [0.25, 0.3) is 0 Å². The van der Waals surface area contributed by atoms with E-state index in [2.05, 4.69) is 4.98 Å². The number of hydrogen-bond donors (Lipinski definition) is 1. The molecule has 0 radical (unpaired) electrons. The number of aromatic amines is 1. The number of benzene rings is 1. The molecule has 1 N–H and O–H groups in total. The van der Waals surface area contributed by atoms with E-state index in [9.17, 15) is 22.4 Å². The van der Waals surface area contributed by atoms with Crippen molar-refractivity contribution < 1.29 is 22.4 Å². The molecule has 1 atom stereocenters. The molecule has 168 valence electrons. The summed E-state index contributed by atoms with van der Waals surface area (Å²) >= 11 is 0. The van der Waals surface area contributed by atoms with E-state index in [1.807, 2.05) is 4.90 Å². The van der Waals surface area contributed by atoms with Crippen LogP contribution in [0.5, 0.6) is 0 Å². The number of carbonyl (C=O) groups is 2. The molecule has 1 aromatic carbocycles. The number of sulfonamides is 1. The average Bonchev–Trinajstić information content (AvgIpc) is 2.88. The predicted molar refractivity (Wildman–Crippen MR) is 115 cm³/mol. The Morgan fingerprint density at radius 3 is 2.29 bits per heavy atom. The lowest BCUT2D eigenvalue weighted by Gasteiger charge is -2.26. The highest BCUT2D eigenvalue weighted by molar-refractivity contribution is 7.89. The zero-order valence-electron chi connectivity index (χ0n) is 18.2. The van der Waals surface area contributed by atoms with Crippen molar-refractivity contribution in [2.45, 2.75) is 45.1 Å². The molecule has 1 aliphatic heterocycles. The van der Waals surface area contributed by atoms with Crippen molar-refractivity contribution in [3.63, 3.8) is 0 Å². The van der Waals surface area contributed by atoms with Crippen LogP contribution < -0.4 is 0 Å². The number of carbonyl (C=O) groups excluding carboxylic acids is 2. The maximum absolute atomic E-state index is 13.2. The lowest BCUT2D eigenvalue weighted by molar-refractivity contribution is 0.0840. The topological polar surface area (TPSA) is 90.6 Å². The molecular formula is C22H28FN3O4S. The molecule has 1 fully saturated rings. The van der Waals surface area contributed by atoms with Gasteiger partial charge in [-0.3, -0.25) is 14.5 Å². The summed E-state index contributed by atoms with van der Waals surface area (Å²) in [6.07, 6.45) is 0.569. The zero-order valence-corrected chi connectivity index (χ0v) is 19.1. The van der Waals surface area contributed by atoms with Crippen molar-refractivity contribution in [3.8, 4) is 0 Å². The molecule has 3 rings (SSSR count). The molecule has 0 aliphatic carbocycles. The molecule has 9 heteroatoms. The summed E-state index contributed by atoms with van der Waals surface area (Å²) in [5.74, 6) is -0.701. The molecule has 0 bridgehead atoms. The Hall–Kier alpha value is -2.36. The fourth-order valence-corrected chi connectivity index (χ4v) is 5.67. The van der Waals surface area contributed by atoms with Crippen molar-refractivity contribution in [2.24, 2.45) is 0 Å². The quantitative estimate of drug-likeness (QED) is 0.685. The molecule has 0 unspecified atom stereocenters. The fourth-order valence-electron chi connectivity index (χ4n) is 4.20. The molecule has 2 aromatic rings. The second-order valence-corrected chi connectivity index (χ2v) is 9.91. The molecule has 0 amide bonds. The highest BCUT2D eigenvalue weighted by Gasteiger charge is 2.31.